The lowest BCUT2D eigenvalue weighted by Gasteiger charge is -2.11. The van der Waals surface area contributed by atoms with Gasteiger partial charge in [0.25, 0.3) is 5.91 Å². The van der Waals surface area contributed by atoms with Gasteiger partial charge in [-0.05, 0) is 54.6 Å². The van der Waals surface area contributed by atoms with Crippen LogP contribution >= 0.6 is 23.2 Å². The Morgan fingerprint density at radius 2 is 1.71 bits per heavy atom. The minimum Gasteiger partial charge on any atom is -0.337 e. The summed E-state index contributed by atoms with van der Waals surface area (Å²) in [6.07, 6.45) is 3.39. The number of carbonyl (C=O) groups excluding carboxylic acids is 3. The highest BCUT2D eigenvalue weighted by molar-refractivity contribution is 6.32. The molecule has 1 aliphatic heterocycles. The van der Waals surface area contributed by atoms with E-state index in [0.717, 1.165) is 15.8 Å². The van der Waals surface area contributed by atoms with E-state index < -0.39 is 11.9 Å². The molecule has 0 aliphatic carbocycles. The Kier molecular flexibility index (Phi) is 6.03. The normalized spacial score (nSPS) is 14.6. The molecule has 1 saturated heterocycles. The van der Waals surface area contributed by atoms with Crippen LogP contribution in [0.15, 0.2) is 84.7 Å². The van der Waals surface area contributed by atoms with Crippen molar-refractivity contribution in [2.75, 3.05) is 10.2 Å². The molecule has 0 saturated carbocycles. The first-order valence-corrected chi connectivity index (χ1v) is 11.4. The van der Waals surface area contributed by atoms with Crippen LogP contribution in [0.3, 0.4) is 0 Å². The van der Waals surface area contributed by atoms with Crippen LogP contribution in [-0.4, -0.2) is 22.4 Å². The Hall–Kier alpha value is -4.07. The molecule has 7 nitrogen and oxygen atoms in total. The number of urea groups is 1. The summed E-state index contributed by atoms with van der Waals surface area (Å²) < 4.78 is 1.79. The fourth-order valence-electron chi connectivity index (χ4n) is 3.95. The second-order valence-corrected chi connectivity index (χ2v) is 8.77. The molecule has 1 fully saturated rings. The summed E-state index contributed by atoms with van der Waals surface area (Å²) in [5.74, 6) is -0.709. The van der Waals surface area contributed by atoms with Crippen LogP contribution in [0, 0.1) is 0 Å². The van der Waals surface area contributed by atoms with E-state index in [2.05, 4.69) is 10.6 Å². The average molecular weight is 505 g/mol. The summed E-state index contributed by atoms with van der Waals surface area (Å²) in [5.41, 5.74) is 2.65. The molecular weight excluding hydrogens is 487 g/mol. The van der Waals surface area contributed by atoms with E-state index in [1.807, 2.05) is 24.3 Å². The maximum atomic E-state index is 13.0. The molecule has 2 heterocycles. The van der Waals surface area contributed by atoms with Crippen LogP contribution in [0.5, 0.6) is 0 Å². The molecular formula is C26H18Cl2N4O3. The number of anilines is 2. The highest BCUT2D eigenvalue weighted by Crippen LogP contribution is 2.28. The van der Waals surface area contributed by atoms with Crippen molar-refractivity contribution in [2.45, 2.75) is 6.54 Å². The predicted molar refractivity (Wildman–Crippen MR) is 137 cm³/mol. The van der Waals surface area contributed by atoms with Crippen LogP contribution in [0.25, 0.3) is 17.0 Å². The number of carbonyl (C=O) groups is 3. The summed E-state index contributed by atoms with van der Waals surface area (Å²) in [7, 11) is 0. The van der Waals surface area contributed by atoms with Crippen LogP contribution in [0.4, 0.5) is 16.2 Å². The lowest BCUT2D eigenvalue weighted by molar-refractivity contribution is -0.116. The Morgan fingerprint density at radius 3 is 2.49 bits per heavy atom. The number of hydrogen-bond acceptors (Lipinski definition) is 3. The van der Waals surface area contributed by atoms with Gasteiger partial charge >= 0.3 is 6.03 Å². The van der Waals surface area contributed by atoms with Crippen LogP contribution in [0.1, 0.15) is 5.56 Å². The van der Waals surface area contributed by atoms with Crippen molar-refractivity contribution in [3.05, 3.63) is 100 Å². The molecule has 174 valence electrons. The topological polar surface area (TPSA) is 83.4 Å². The lowest BCUT2D eigenvalue weighted by Crippen LogP contribution is -2.30. The van der Waals surface area contributed by atoms with Gasteiger partial charge in [-0.3, -0.25) is 9.59 Å². The number of imide groups is 1. The quantitative estimate of drug-likeness (QED) is 0.270. The van der Waals surface area contributed by atoms with Gasteiger partial charge in [-0.2, -0.15) is 0 Å². The van der Waals surface area contributed by atoms with Crippen LogP contribution < -0.4 is 15.5 Å². The van der Waals surface area contributed by atoms with E-state index in [-0.39, 0.29) is 18.1 Å². The van der Waals surface area contributed by atoms with Crippen molar-refractivity contribution in [3.8, 4) is 0 Å². The summed E-state index contributed by atoms with van der Waals surface area (Å²) >= 11 is 11.9. The van der Waals surface area contributed by atoms with E-state index in [0.29, 0.717) is 27.0 Å². The highest BCUT2D eigenvalue weighted by atomic mass is 35.5. The SMILES string of the molecule is O=C(Cn1cc(/C=C2/NC(=O)N(c3cccc(Cl)c3)C2=O)c2ccccc21)Nc1ccc(Cl)cc1. The monoisotopic (exact) mass is 504 g/mol. The van der Waals surface area contributed by atoms with Crippen molar-refractivity contribution in [1.82, 2.24) is 9.88 Å². The van der Waals surface area contributed by atoms with E-state index in [4.69, 9.17) is 23.2 Å². The van der Waals surface area contributed by atoms with Gasteiger partial charge in [-0.25, -0.2) is 9.69 Å². The first-order chi connectivity index (χ1) is 16.9. The first-order valence-electron chi connectivity index (χ1n) is 10.6. The van der Waals surface area contributed by atoms with E-state index in [9.17, 15) is 14.4 Å². The third-order valence-electron chi connectivity index (χ3n) is 5.51. The van der Waals surface area contributed by atoms with Crippen molar-refractivity contribution >= 4 is 69.4 Å². The number of aromatic nitrogens is 1. The number of hydrogen-bond donors (Lipinski definition) is 2. The maximum Gasteiger partial charge on any atom is 0.333 e. The van der Waals surface area contributed by atoms with E-state index in [1.165, 1.54) is 0 Å². The van der Waals surface area contributed by atoms with Gasteiger partial charge in [0.15, 0.2) is 0 Å². The second-order valence-electron chi connectivity index (χ2n) is 7.89. The summed E-state index contributed by atoms with van der Waals surface area (Å²) in [6.45, 7) is 0.0568. The molecule has 5 rings (SSSR count). The van der Waals surface area contributed by atoms with Gasteiger partial charge in [0.1, 0.15) is 12.2 Å². The van der Waals surface area contributed by atoms with Gasteiger partial charge in [0.2, 0.25) is 5.91 Å². The third-order valence-corrected chi connectivity index (χ3v) is 5.99. The summed E-state index contributed by atoms with van der Waals surface area (Å²) in [5, 5.41) is 7.31. The van der Waals surface area contributed by atoms with E-state index >= 15 is 0 Å². The molecule has 0 atom stereocenters. The molecule has 0 unspecified atom stereocenters. The molecule has 2 N–H and O–H groups in total. The largest absolute Gasteiger partial charge is 0.337 e. The number of nitrogens with one attached hydrogen (secondary N) is 2. The van der Waals surface area contributed by atoms with Gasteiger partial charge in [-0.15, -0.1) is 0 Å². The zero-order valence-electron chi connectivity index (χ0n) is 18.2. The molecule has 1 aromatic heterocycles. The lowest BCUT2D eigenvalue weighted by atomic mass is 10.1. The molecule has 4 aromatic rings. The number of rotatable bonds is 5. The van der Waals surface area contributed by atoms with Gasteiger partial charge in [0, 0.05) is 38.4 Å². The molecule has 9 heteroatoms. The minimum atomic E-state index is -0.561. The Morgan fingerprint density at radius 1 is 0.943 bits per heavy atom. The van der Waals surface area contributed by atoms with Gasteiger partial charge < -0.3 is 15.2 Å². The number of nitrogens with zero attached hydrogens (tertiary/aromatic N) is 2. The van der Waals surface area contributed by atoms with Crippen LogP contribution in [0.2, 0.25) is 10.0 Å². The molecule has 0 spiro atoms. The molecule has 3 aromatic carbocycles. The summed E-state index contributed by atoms with van der Waals surface area (Å²) in [6, 6.07) is 20.3. The molecule has 4 amide bonds. The fourth-order valence-corrected chi connectivity index (χ4v) is 4.26. The Balaban J connectivity index is 1.43. The highest BCUT2D eigenvalue weighted by Gasteiger charge is 2.35. The second kappa shape index (κ2) is 9.29. The molecule has 0 bridgehead atoms. The summed E-state index contributed by atoms with van der Waals surface area (Å²) in [4.78, 5) is 39.3. The smallest absolute Gasteiger partial charge is 0.333 e. The van der Waals surface area contributed by atoms with Gasteiger partial charge in [-0.1, -0.05) is 47.5 Å². The molecule has 0 radical (unpaired) electrons. The number of halogens is 2. The van der Waals surface area contributed by atoms with E-state index in [1.54, 1.807) is 65.4 Å². The number of benzene rings is 3. The van der Waals surface area contributed by atoms with Crippen molar-refractivity contribution in [1.29, 1.82) is 0 Å². The molecule has 35 heavy (non-hydrogen) atoms. The van der Waals surface area contributed by atoms with Crippen molar-refractivity contribution < 1.29 is 14.4 Å². The third kappa shape index (κ3) is 4.64. The first kappa shape index (κ1) is 22.7. The Labute approximate surface area is 210 Å². The fraction of sp³-hybridized carbons (Fsp3) is 0.0385. The Bertz CT molecular complexity index is 1510. The number of para-hydroxylation sites is 1. The van der Waals surface area contributed by atoms with Crippen molar-refractivity contribution in [2.24, 2.45) is 0 Å². The zero-order valence-corrected chi connectivity index (χ0v) is 19.7. The van der Waals surface area contributed by atoms with Crippen LogP contribution in [-0.2, 0) is 16.1 Å². The maximum absolute atomic E-state index is 13.0. The standard InChI is InChI=1S/C26H18Cl2N4O3/c27-17-8-10-19(11-9-17)29-24(33)15-31-14-16(21-6-1-2-7-23(21)31)12-22-25(34)32(26(35)30-22)20-5-3-4-18(28)13-20/h1-14H,15H2,(H,29,33)(H,30,35)/b22-12+. The average Bonchev–Trinajstić information content (AvgIpc) is 3.31. The molecule has 1 aliphatic rings. The van der Waals surface area contributed by atoms with Crippen molar-refractivity contribution in [3.63, 3.8) is 0 Å². The zero-order chi connectivity index (χ0) is 24.5. The predicted octanol–water partition coefficient (Wildman–Crippen LogP) is 5.68. The number of amides is 4. The number of fused-ring (bicyclic) bond motifs is 1. The minimum absolute atomic E-state index is 0.0568. The van der Waals surface area contributed by atoms with Gasteiger partial charge in [0.05, 0.1) is 5.69 Å².